The largest absolute Gasteiger partial charge is 0.481 e. The molecule has 1 atom stereocenters. The first-order valence-electron chi connectivity index (χ1n) is 6.31. The summed E-state index contributed by atoms with van der Waals surface area (Å²) in [6, 6.07) is 12.2. The van der Waals surface area contributed by atoms with Crippen LogP contribution in [0.25, 0.3) is 0 Å². The summed E-state index contributed by atoms with van der Waals surface area (Å²) >= 11 is 5.78. The van der Waals surface area contributed by atoms with Crippen molar-refractivity contribution < 1.29 is 9.53 Å². The number of carbonyl (C=O) groups excluding carboxylic acids is 1. The molecule has 0 radical (unpaired) electrons. The summed E-state index contributed by atoms with van der Waals surface area (Å²) in [5, 5.41) is 4.44. The van der Waals surface area contributed by atoms with Gasteiger partial charge in [0, 0.05) is 11.2 Å². The Balaban J connectivity index is 1.85. The van der Waals surface area contributed by atoms with Gasteiger partial charge in [-0.05, 0) is 43.3 Å². The van der Waals surface area contributed by atoms with Crippen molar-refractivity contribution in [1.82, 2.24) is 10.4 Å². The van der Waals surface area contributed by atoms with Crippen LogP contribution in [-0.4, -0.2) is 23.2 Å². The molecule has 0 unspecified atom stereocenters. The van der Waals surface area contributed by atoms with Gasteiger partial charge < -0.3 is 4.74 Å². The lowest BCUT2D eigenvalue weighted by Gasteiger charge is -2.12. The van der Waals surface area contributed by atoms with E-state index in [2.05, 4.69) is 15.5 Å². The van der Waals surface area contributed by atoms with Crippen molar-refractivity contribution in [3.05, 3.63) is 59.4 Å². The topological polar surface area (TPSA) is 63.6 Å². The van der Waals surface area contributed by atoms with Crippen LogP contribution in [0.15, 0.2) is 53.8 Å². The van der Waals surface area contributed by atoms with Crippen molar-refractivity contribution in [1.29, 1.82) is 0 Å². The fraction of sp³-hybridized carbons (Fsp3) is 0.133. The maximum absolute atomic E-state index is 11.8. The number of amides is 1. The third-order valence-corrected chi connectivity index (χ3v) is 2.81. The first-order chi connectivity index (χ1) is 10.1. The van der Waals surface area contributed by atoms with E-state index in [-0.39, 0.29) is 5.91 Å². The van der Waals surface area contributed by atoms with Crippen molar-refractivity contribution in [3.63, 3.8) is 0 Å². The number of carbonyl (C=O) groups is 1. The van der Waals surface area contributed by atoms with Gasteiger partial charge in [-0.15, -0.1) is 0 Å². The normalized spacial score (nSPS) is 12.1. The molecule has 1 heterocycles. The summed E-state index contributed by atoms with van der Waals surface area (Å²) in [4.78, 5) is 15.9. The lowest BCUT2D eigenvalue weighted by Crippen LogP contribution is -2.33. The Hall–Kier alpha value is -2.40. The van der Waals surface area contributed by atoms with Gasteiger partial charge in [0.1, 0.15) is 5.75 Å². The number of hydrazone groups is 1. The number of aromatic nitrogens is 1. The van der Waals surface area contributed by atoms with E-state index < -0.39 is 6.10 Å². The lowest BCUT2D eigenvalue weighted by molar-refractivity contribution is -0.127. The van der Waals surface area contributed by atoms with E-state index in [9.17, 15) is 4.79 Å². The van der Waals surface area contributed by atoms with Crippen LogP contribution in [0.5, 0.6) is 5.75 Å². The zero-order valence-electron chi connectivity index (χ0n) is 11.4. The smallest absolute Gasteiger partial charge is 0.280 e. The molecule has 1 aromatic carbocycles. The Morgan fingerprint density at radius 3 is 2.76 bits per heavy atom. The zero-order valence-corrected chi connectivity index (χ0v) is 12.1. The van der Waals surface area contributed by atoms with Crippen LogP contribution in [0.2, 0.25) is 5.02 Å². The maximum Gasteiger partial charge on any atom is 0.280 e. The minimum absolute atomic E-state index is 0.350. The zero-order chi connectivity index (χ0) is 15.1. The van der Waals surface area contributed by atoms with Gasteiger partial charge in [-0.3, -0.25) is 9.78 Å². The van der Waals surface area contributed by atoms with Crippen LogP contribution in [-0.2, 0) is 4.79 Å². The number of ether oxygens (including phenoxy) is 1. The van der Waals surface area contributed by atoms with E-state index in [0.717, 1.165) is 0 Å². The van der Waals surface area contributed by atoms with Crippen molar-refractivity contribution in [2.24, 2.45) is 5.10 Å². The Morgan fingerprint density at radius 2 is 2.10 bits per heavy atom. The highest BCUT2D eigenvalue weighted by Crippen LogP contribution is 2.16. The van der Waals surface area contributed by atoms with Gasteiger partial charge in [-0.1, -0.05) is 17.7 Å². The predicted molar refractivity (Wildman–Crippen MR) is 81.5 cm³/mol. The summed E-state index contributed by atoms with van der Waals surface area (Å²) in [5.74, 6) is 0.216. The molecule has 2 aromatic rings. The van der Waals surface area contributed by atoms with Gasteiger partial charge in [0.15, 0.2) is 6.10 Å². The van der Waals surface area contributed by atoms with Gasteiger partial charge in [0.05, 0.1) is 11.9 Å². The molecule has 0 aliphatic heterocycles. The summed E-state index contributed by atoms with van der Waals surface area (Å²) < 4.78 is 5.47. The predicted octanol–water partition coefficient (Wildman–Crippen LogP) is 2.65. The molecular formula is C15H14ClN3O2. The molecule has 6 heteroatoms. The highest BCUT2D eigenvalue weighted by molar-refractivity contribution is 6.30. The summed E-state index contributed by atoms with van der Waals surface area (Å²) in [7, 11) is 0. The molecular weight excluding hydrogens is 290 g/mol. The van der Waals surface area contributed by atoms with Crippen molar-refractivity contribution in [3.8, 4) is 5.75 Å². The summed E-state index contributed by atoms with van der Waals surface area (Å²) in [5.41, 5.74) is 3.06. The molecule has 0 aliphatic carbocycles. The second-order valence-electron chi connectivity index (χ2n) is 4.20. The number of halogens is 1. The van der Waals surface area contributed by atoms with Crippen LogP contribution in [0.4, 0.5) is 0 Å². The van der Waals surface area contributed by atoms with E-state index >= 15 is 0 Å². The number of nitrogens with zero attached hydrogens (tertiary/aromatic N) is 2. The van der Waals surface area contributed by atoms with Crippen LogP contribution >= 0.6 is 11.6 Å². The first kappa shape index (κ1) is 15.0. The van der Waals surface area contributed by atoms with Gasteiger partial charge >= 0.3 is 0 Å². The number of hydrogen-bond donors (Lipinski definition) is 1. The molecule has 0 bridgehead atoms. The van der Waals surface area contributed by atoms with Crippen LogP contribution < -0.4 is 10.2 Å². The van der Waals surface area contributed by atoms with Crippen molar-refractivity contribution in [2.75, 3.05) is 0 Å². The second-order valence-corrected chi connectivity index (χ2v) is 4.64. The Kier molecular flexibility index (Phi) is 5.29. The number of benzene rings is 1. The SMILES string of the molecule is C[C@@H](Oc1ccc(Cl)cc1)C(=O)N/N=C\c1ccccn1. The van der Waals surface area contributed by atoms with Gasteiger partial charge in [0.2, 0.25) is 0 Å². The van der Waals surface area contributed by atoms with E-state index in [1.165, 1.54) is 6.21 Å². The van der Waals surface area contributed by atoms with E-state index in [4.69, 9.17) is 16.3 Å². The molecule has 21 heavy (non-hydrogen) atoms. The average molecular weight is 304 g/mol. The Morgan fingerprint density at radius 1 is 1.33 bits per heavy atom. The maximum atomic E-state index is 11.8. The average Bonchev–Trinajstić information content (AvgIpc) is 2.50. The molecule has 0 saturated carbocycles. The van der Waals surface area contributed by atoms with Crippen LogP contribution in [0.3, 0.4) is 0 Å². The van der Waals surface area contributed by atoms with Gasteiger partial charge in [-0.2, -0.15) is 5.10 Å². The number of rotatable bonds is 5. The number of pyridine rings is 1. The van der Waals surface area contributed by atoms with E-state index in [1.807, 2.05) is 6.07 Å². The molecule has 0 spiro atoms. The highest BCUT2D eigenvalue weighted by Gasteiger charge is 2.13. The Labute approximate surface area is 127 Å². The highest BCUT2D eigenvalue weighted by atomic mass is 35.5. The summed E-state index contributed by atoms with van der Waals surface area (Å²) in [6.45, 7) is 1.64. The quantitative estimate of drug-likeness (QED) is 0.682. The summed E-state index contributed by atoms with van der Waals surface area (Å²) in [6.07, 6.45) is 2.44. The third-order valence-electron chi connectivity index (χ3n) is 2.56. The molecule has 2 rings (SSSR count). The second kappa shape index (κ2) is 7.40. The molecule has 1 N–H and O–H groups in total. The monoisotopic (exact) mass is 303 g/mol. The first-order valence-corrected chi connectivity index (χ1v) is 6.69. The van der Waals surface area contributed by atoms with E-state index in [0.29, 0.717) is 16.5 Å². The Bertz CT molecular complexity index is 615. The molecule has 108 valence electrons. The standard InChI is InChI=1S/C15H14ClN3O2/c1-11(21-14-7-5-12(16)6-8-14)15(20)19-18-10-13-4-2-3-9-17-13/h2-11H,1H3,(H,19,20)/b18-10-/t11-/m1/s1. The fourth-order valence-corrected chi connectivity index (χ4v) is 1.60. The minimum atomic E-state index is -0.674. The number of hydrogen-bond acceptors (Lipinski definition) is 4. The van der Waals surface area contributed by atoms with Crippen LogP contribution in [0.1, 0.15) is 12.6 Å². The molecule has 0 fully saturated rings. The fourth-order valence-electron chi connectivity index (χ4n) is 1.48. The number of nitrogens with one attached hydrogen (secondary N) is 1. The molecule has 5 nitrogen and oxygen atoms in total. The van der Waals surface area contributed by atoms with Crippen LogP contribution in [0, 0.1) is 0 Å². The van der Waals surface area contributed by atoms with Crippen molar-refractivity contribution >= 4 is 23.7 Å². The van der Waals surface area contributed by atoms with Gasteiger partial charge in [-0.25, -0.2) is 5.43 Å². The molecule has 0 aliphatic rings. The minimum Gasteiger partial charge on any atom is -0.481 e. The molecule has 0 saturated heterocycles. The van der Waals surface area contributed by atoms with Crippen molar-refractivity contribution in [2.45, 2.75) is 13.0 Å². The molecule has 1 amide bonds. The lowest BCUT2D eigenvalue weighted by atomic mass is 10.3. The molecule has 1 aromatic heterocycles. The third kappa shape index (κ3) is 4.89. The van der Waals surface area contributed by atoms with Gasteiger partial charge in [0.25, 0.3) is 5.91 Å². The van der Waals surface area contributed by atoms with E-state index in [1.54, 1.807) is 49.5 Å².